The van der Waals surface area contributed by atoms with Gasteiger partial charge in [-0.3, -0.25) is 4.90 Å². The fraction of sp³-hybridized carbons (Fsp3) is 0.478. The molecule has 1 N–H and O–H groups in total. The first-order valence-electron chi connectivity index (χ1n) is 9.95. The Morgan fingerprint density at radius 3 is 2.25 bits per heavy atom. The smallest absolute Gasteiger partial charge is 0.168 e. The highest BCUT2D eigenvalue weighted by Gasteiger charge is 2.48. The molecular weight excluding hydrogens is 374 g/mol. The van der Waals surface area contributed by atoms with Gasteiger partial charge in [0.05, 0.1) is 13.2 Å². The molecule has 5 heteroatoms. The first-order chi connectivity index (χ1) is 13.1. The largest absolute Gasteiger partial charge is 0.508 e. The lowest BCUT2D eigenvalue weighted by atomic mass is 9.73. The molecule has 28 heavy (non-hydrogen) atoms. The van der Waals surface area contributed by atoms with E-state index in [9.17, 15) is 5.11 Å². The summed E-state index contributed by atoms with van der Waals surface area (Å²) in [6.07, 6.45) is 4.70. The van der Waals surface area contributed by atoms with Gasteiger partial charge >= 0.3 is 0 Å². The van der Waals surface area contributed by atoms with Crippen LogP contribution in [0.15, 0.2) is 54.6 Å². The topological polar surface area (TPSA) is 41.9 Å². The van der Waals surface area contributed by atoms with Gasteiger partial charge in [-0.2, -0.15) is 0 Å². The summed E-state index contributed by atoms with van der Waals surface area (Å²) in [6, 6.07) is 18.4. The standard InChI is InChI=1S/C23H29NO3.ClH/c1-24(15-10-19-6-3-2-4-7-19)22(20-8-5-9-21(25)18-20)11-13-23(14-12-22)26-16-17-27-23;/h2-9,18,25H,10-17H2,1H3;1H. The van der Waals surface area contributed by atoms with E-state index in [0.29, 0.717) is 19.0 Å². The minimum Gasteiger partial charge on any atom is -0.508 e. The molecular formula is C23H30ClNO3. The Kier molecular flexibility index (Phi) is 6.66. The lowest BCUT2D eigenvalue weighted by Gasteiger charge is -2.49. The summed E-state index contributed by atoms with van der Waals surface area (Å²) in [5.74, 6) is -0.0578. The fourth-order valence-corrected chi connectivity index (χ4v) is 4.67. The molecule has 2 fully saturated rings. The lowest BCUT2D eigenvalue weighted by Crippen LogP contribution is -2.51. The number of hydrogen-bond acceptors (Lipinski definition) is 4. The molecule has 0 aromatic heterocycles. The summed E-state index contributed by atoms with van der Waals surface area (Å²) in [6.45, 7) is 2.36. The maximum Gasteiger partial charge on any atom is 0.168 e. The summed E-state index contributed by atoms with van der Waals surface area (Å²) < 4.78 is 11.9. The second-order valence-corrected chi connectivity index (χ2v) is 7.85. The highest BCUT2D eigenvalue weighted by Crippen LogP contribution is 2.48. The van der Waals surface area contributed by atoms with E-state index in [1.54, 1.807) is 6.07 Å². The van der Waals surface area contributed by atoms with Gasteiger partial charge in [-0.1, -0.05) is 42.5 Å². The Labute approximate surface area is 173 Å². The van der Waals surface area contributed by atoms with Crippen LogP contribution in [0.5, 0.6) is 5.75 Å². The highest BCUT2D eigenvalue weighted by atomic mass is 35.5. The monoisotopic (exact) mass is 403 g/mol. The van der Waals surface area contributed by atoms with E-state index in [4.69, 9.17) is 9.47 Å². The fourth-order valence-electron chi connectivity index (χ4n) is 4.67. The molecule has 2 aliphatic rings. The molecule has 0 amide bonds. The van der Waals surface area contributed by atoms with Gasteiger partial charge in [-0.05, 0) is 49.6 Å². The number of benzene rings is 2. The zero-order valence-electron chi connectivity index (χ0n) is 16.5. The maximum absolute atomic E-state index is 10.1. The van der Waals surface area contributed by atoms with Gasteiger partial charge in [-0.25, -0.2) is 0 Å². The summed E-state index contributed by atoms with van der Waals surface area (Å²) >= 11 is 0. The number of rotatable bonds is 5. The summed E-state index contributed by atoms with van der Waals surface area (Å²) in [7, 11) is 2.21. The van der Waals surface area contributed by atoms with E-state index in [2.05, 4.69) is 48.3 Å². The average molecular weight is 404 g/mol. The number of nitrogens with zero attached hydrogens (tertiary/aromatic N) is 1. The second kappa shape index (κ2) is 8.83. The van der Waals surface area contributed by atoms with E-state index in [-0.39, 0.29) is 23.7 Å². The molecule has 1 aliphatic heterocycles. The van der Waals surface area contributed by atoms with Crippen molar-refractivity contribution in [3.05, 3.63) is 65.7 Å². The molecule has 4 nitrogen and oxygen atoms in total. The Morgan fingerprint density at radius 2 is 1.61 bits per heavy atom. The molecule has 0 unspecified atom stereocenters. The molecule has 1 saturated heterocycles. The highest BCUT2D eigenvalue weighted by molar-refractivity contribution is 5.85. The number of likely N-dealkylation sites (N-methyl/N-ethyl adjacent to an activating group) is 1. The van der Waals surface area contributed by atoms with E-state index in [1.165, 1.54) is 11.1 Å². The molecule has 0 bridgehead atoms. The van der Waals surface area contributed by atoms with Crippen LogP contribution < -0.4 is 0 Å². The first-order valence-corrected chi connectivity index (χ1v) is 9.95. The van der Waals surface area contributed by atoms with Gasteiger partial charge in [0.25, 0.3) is 0 Å². The summed E-state index contributed by atoms with van der Waals surface area (Å²) in [5.41, 5.74) is 2.43. The number of ether oxygens (including phenoxy) is 2. The minimum absolute atomic E-state index is 0. The van der Waals surface area contributed by atoms with Crippen LogP contribution in [0.4, 0.5) is 0 Å². The number of phenols is 1. The number of halogens is 1. The van der Waals surface area contributed by atoms with Crippen LogP contribution in [0, 0.1) is 0 Å². The van der Waals surface area contributed by atoms with Crippen molar-refractivity contribution in [3.8, 4) is 5.75 Å². The third-order valence-corrected chi connectivity index (χ3v) is 6.35. The Bertz CT molecular complexity index is 751. The quantitative estimate of drug-likeness (QED) is 0.798. The Hall–Kier alpha value is -1.59. The molecule has 0 atom stereocenters. The number of hydrogen-bond donors (Lipinski definition) is 1. The van der Waals surface area contributed by atoms with Crippen LogP contribution in [0.3, 0.4) is 0 Å². The second-order valence-electron chi connectivity index (χ2n) is 7.85. The minimum atomic E-state index is -0.388. The van der Waals surface area contributed by atoms with Gasteiger partial charge in [0.2, 0.25) is 0 Å². The zero-order valence-corrected chi connectivity index (χ0v) is 17.3. The van der Waals surface area contributed by atoms with Crippen molar-refractivity contribution in [2.24, 2.45) is 0 Å². The van der Waals surface area contributed by atoms with Gasteiger partial charge in [-0.15, -0.1) is 12.4 Å². The van der Waals surface area contributed by atoms with Crippen LogP contribution in [0.1, 0.15) is 36.8 Å². The lowest BCUT2D eigenvalue weighted by molar-refractivity contribution is -0.194. The molecule has 152 valence electrons. The molecule has 0 radical (unpaired) electrons. The summed E-state index contributed by atoms with van der Waals surface area (Å²) in [5, 5.41) is 10.1. The van der Waals surface area contributed by atoms with Gasteiger partial charge < -0.3 is 14.6 Å². The van der Waals surface area contributed by atoms with Gasteiger partial charge in [0, 0.05) is 24.9 Å². The van der Waals surface area contributed by atoms with Crippen LogP contribution in [0.25, 0.3) is 0 Å². The Morgan fingerprint density at radius 1 is 0.929 bits per heavy atom. The van der Waals surface area contributed by atoms with Gasteiger partial charge in [0.15, 0.2) is 5.79 Å². The molecule has 2 aromatic rings. The van der Waals surface area contributed by atoms with E-state index < -0.39 is 0 Å². The van der Waals surface area contributed by atoms with Crippen LogP contribution >= 0.6 is 12.4 Å². The van der Waals surface area contributed by atoms with Crippen molar-refractivity contribution in [3.63, 3.8) is 0 Å². The Balaban J connectivity index is 0.00000225. The predicted octanol–water partition coefficient (Wildman–Crippen LogP) is 4.50. The van der Waals surface area contributed by atoms with Crippen molar-refractivity contribution in [1.82, 2.24) is 4.90 Å². The molecule has 1 saturated carbocycles. The van der Waals surface area contributed by atoms with E-state index >= 15 is 0 Å². The van der Waals surface area contributed by atoms with Crippen molar-refractivity contribution in [2.45, 2.75) is 43.4 Å². The van der Waals surface area contributed by atoms with Crippen molar-refractivity contribution >= 4 is 12.4 Å². The molecule has 4 rings (SSSR count). The summed E-state index contributed by atoms with van der Waals surface area (Å²) in [4.78, 5) is 2.47. The van der Waals surface area contributed by atoms with Crippen molar-refractivity contribution in [2.75, 3.05) is 26.8 Å². The van der Waals surface area contributed by atoms with Crippen molar-refractivity contribution < 1.29 is 14.6 Å². The number of phenolic OH excluding ortho intramolecular Hbond substituents is 1. The van der Waals surface area contributed by atoms with Crippen LogP contribution in [-0.2, 0) is 21.4 Å². The molecule has 1 aliphatic carbocycles. The SMILES string of the molecule is CN(CCc1ccccc1)C1(c2cccc(O)c2)CCC2(CC1)OCCO2.Cl. The normalized spacial score (nSPS) is 20.2. The van der Waals surface area contributed by atoms with Crippen LogP contribution in [0.2, 0.25) is 0 Å². The average Bonchev–Trinajstić information content (AvgIpc) is 3.16. The first kappa shape index (κ1) is 21.1. The third kappa shape index (κ3) is 4.20. The molecule has 2 aromatic carbocycles. The van der Waals surface area contributed by atoms with E-state index in [0.717, 1.165) is 38.6 Å². The van der Waals surface area contributed by atoms with Crippen LogP contribution in [-0.4, -0.2) is 42.6 Å². The number of aromatic hydroxyl groups is 1. The molecule has 1 spiro atoms. The predicted molar refractivity (Wildman–Crippen MR) is 113 cm³/mol. The van der Waals surface area contributed by atoms with Gasteiger partial charge in [0.1, 0.15) is 5.75 Å². The van der Waals surface area contributed by atoms with Crippen molar-refractivity contribution in [1.29, 1.82) is 0 Å². The third-order valence-electron chi connectivity index (χ3n) is 6.35. The zero-order chi connectivity index (χ0) is 18.7. The van der Waals surface area contributed by atoms with E-state index in [1.807, 2.05) is 12.1 Å². The molecule has 1 heterocycles. The maximum atomic E-state index is 10.1.